The van der Waals surface area contributed by atoms with Crippen molar-refractivity contribution in [3.05, 3.63) is 0 Å². The summed E-state index contributed by atoms with van der Waals surface area (Å²) in [4.78, 5) is 12.6. The molecule has 0 bridgehead atoms. The highest BCUT2D eigenvalue weighted by Crippen LogP contribution is 2.22. The molecule has 1 amide bonds. The van der Waals surface area contributed by atoms with E-state index in [9.17, 15) is 18.0 Å². The number of nitrogens with zero attached hydrogens (tertiary/aromatic N) is 1. The SMILES string of the molecule is CCC1CN(C(=O)OCC(F)(F)F)CCS1. The van der Waals surface area contributed by atoms with E-state index < -0.39 is 18.9 Å². The second-order valence-electron chi connectivity index (χ2n) is 3.52. The van der Waals surface area contributed by atoms with Crippen LogP contribution in [-0.2, 0) is 4.74 Å². The monoisotopic (exact) mass is 257 g/mol. The number of ether oxygens (including phenoxy) is 1. The van der Waals surface area contributed by atoms with Crippen LogP contribution in [0.5, 0.6) is 0 Å². The number of halogens is 3. The molecule has 0 saturated carbocycles. The van der Waals surface area contributed by atoms with Crippen LogP contribution < -0.4 is 0 Å². The van der Waals surface area contributed by atoms with Crippen molar-refractivity contribution in [2.45, 2.75) is 24.8 Å². The van der Waals surface area contributed by atoms with Gasteiger partial charge in [0.25, 0.3) is 0 Å². The molecule has 7 heteroatoms. The molecule has 0 aliphatic carbocycles. The fourth-order valence-electron chi connectivity index (χ4n) is 1.37. The van der Waals surface area contributed by atoms with Gasteiger partial charge in [-0.25, -0.2) is 4.79 Å². The Bertz CT molecular complexity index is 247. The van der Waals surface area contributed by atoms with Crippen molar-refractivity contribution in [3.8, 4) is 0 Å². The van der Waals surface area contributed by atoms with Crippen molar-refractivity contribution in [3.63, 3.8) is 0 Å². The number of thioether (sulfide) groups is 1. The Labute approximate surface area is 96.3 Å². The fraction of sp³-hybridized carbons (Fsp3) is 0.889. The average molecular weight is 257 g/mol. The zero-order valence-electron chi connectivity index (χ0n) is 8.92. The molecule has 0 aromatic heterocycles. The van der Waals surface area contributed by atoms with Crippen LogP contribution in [0.4, 0.5) is 18.0 Å². The Hall–Kier alpha value is -0.590. The number of hydrogen-bond donors (Lipinski definition) is 0. The third kappa shape index (κ3) is 4.51. The van der Waals surface area contributed by atoms with Crippen LogP contribution in [0.3, 0.4) is 0 Å². The molecule has 3 nitrogen and oxygen atoms in total. The largest absolute Gasteiger partial charge is 0.440 e. The van der Waals surface area contributed by atoms with Gasteiger partial charge >= 0.3 is 12.3 Å². The highest BCUT2D eigenvalue weighted by Gasteiger charge is 2.31. The lowest BCUT2D eigenvalue weighted by molar-refractivity contribution is -0.162. The zero-order chi connectivity index (χ0) is 12.2. The van der Waals surface area contributed by atoms with E-state index in [0.29, 0.717) is 18.3 Å². The van der Waals surface area contributed by atoms with Crippen LogP contribution in [-0.4, -0.2) is 47.9 Å². The van der Waals surface area contributed by atoms with Gasteiger partial charge in [0.05, 0.1) is 0 Å². The summed E-state index contributed by atoms with van der Waals surface area (Å²) in [5.74, 6) is 0.750. The van der Waals surface area contributed by atoms with Crippen molar-refractivity contribution in [2.24, 2.45) is 0 Å². The Morgan fingerprint density at radius 1 is 1.56 bits per heavy atom. The van der Waals surface area contributed by atoms with E-state index in [0.717, 1.165) is 12.2 Å². The predicted molar refractivity (Wildman–Crippen MR) is 55.5 cm³/mol. The third-order valence-electron chi connectivity index (χ3n) is 2.21. The lowest BCUT2D eigenvalue weighted by Gasteiger charge is -2.31. The van der Waals surface area contributed by atoms with E-state index in [4.69, 9.17) is 0 Å². The molecule has 0 N–H and O–H groups in total. The van der Waals surface area contributed by atoms with E-state index in [2.05, 4.69) is 4.74 Å². The van der Waals surface area contributed by atoms with Crippen molar-refractivity contribution in [2.75, 3.05) is 25.4 Å². The molecule has 1 atom stereocenters. The van der Waals surface area contributed by atoms with E-state index in [1.807, 2.05) is 6.92 Å². The van der Waals surface area contributed by atoms with Gasteiger partial charge in [0.1, 0.15) is 0 Å². The molecule has 0 spiro atoms. The van der Waals surface area contributed by atoms with Crippen molar-refractivity contribution >= 4 is 17.9 Å². The summed E-state index contributed by atoms with van der Waals surface area (Å²) in [6, 6.07) is 0. The summed E-state index contributed by atoms with van der Waals surface area (Å²) in [6.07, 6.45) is -4.42. The molecule has 0 radical (unpaired) electrons. The average Bonchev–Trinajstić information content (AvgIpc) is 2.25. The molecule has 0 aromatic rings. The molecule has 1 rings (SSSR count). The molecule has 1 heterocycles. The number of rotatable bonds is 2. The standard InChI is InChI=1S/C9H14F3NO2S/c1-2-7-5-13(3-4-16-7)8(14)15-6-9(10,11)12/h7H,2-6H2,1H3. The lowest BCUT2D eigenvalue weighted by Crippen LogP contribution is -2.42. The van der Waals surface area contributed by atoms with Gasteiger partial charge in [0, 0.05) is 24.1 Å². The molecule has 1 unspecified atom stereocenters. The first-order chi connectivity index (χ1) is 7.42. The molecular weight excluding hydrogens is 243 g/mol. The van der Waals surface area contributed by atoms with Crippen molar-refractivity contribution in [1.29, 1.82) is 0 Å². The first-order valence-corrected chi connectivity index (χ1v) is 6.07. The van der Waals surface area contributed by atoms with Gasteiger partial charge in [0.15, 0.2) is 6.61 Å². The number of alkyl halides is 3. The Morgan fingerprint density at radius 2 is 2.25 bits per heavy atom. The van der Waals surface area contributed by atoms with Gasteiger partial charge in [-0.05, 0) is 6.42 Å². The summed E-state index contributed by atoms with van der Waals surface area (Å²) in [5.41, 5.74) is 0. The van der Waals surface area contributed by atoms with E-state index in [1.165, 1.54) is 4.90 Å². The van der Waals surface area contributed by atoms with Gasteiger partial charge in [0.2, 0.25) is 0 Å². The van der Waals surface area contributed by atoms with E-state index >= 15 is 0 Å². The van der Waals surface area contributed by atoms with Gasteiger partial charge in [-0.15, -0.1) is 0 Å². The van der Waals surface area contributed by atoms with Crippen LogP contribution in [0, 0.1) is 0 Å². The van der Waals surface area contributed by atoms with Gasteiger partial charge < -0.3 is 9.64 Å². The van der Waals surface area contributed by atoms with Gasteiger partial charge in [-0.3, -0.25) is 0 Å². The van der Waals surface area contributed by atoms with E-state index in [1.54, 1.807) is 11.8 Å². The fourth-order valence-corrected chi connectivity index (χ4v) is 2.55. The number of carbonyl (C=O) groups is 1. The van der Waals surface area contributed by atoms with Crippen LogP contribution in [0.25, 0.3) is 0 Å². The van der Waals surface area contributed by atoms with Crippen molar-refractivity contribution < 1.29 is 22.7 Å². The molecule has 1 aliphatic heterocycles. The van der Waals surface area contributed by atoms with Crippen LogP contribution in [0.15, 0.2) is 0 Å². The zero-order valence-corrected chi connectivity index (χ0v) is 9.74. The van der Waals surface area contributed by atoms with Crippen LogP contribution in [0.1, 0.15) is 13.3 Å². The number of carbonyl (C=O) groups excluding carboxylic acids is 1. The van der Waals surface area contributed by atoms with Gasteiger partial charge in [-0.2, -0.15) is 24.9 Å². The van der Waals surface area contributed by atoms with Crippen molar-refractivity contribution in [1.82, 2.24) is 4.90 Å². The minimum absolute atomic E-state index is 0.298. The molecule has 16 heavy (non-hydrogen) atoms. The second kappa shape index (κ2) is 5.65. The van der Waals surface area contributed by atoms with Crippen LogP contribution >= 0.6 is 11.8 Å². The number of amides is 1. The Balaban J connectivity index is 2.36. The Morgan fingerprint density at radius 3 is 2.81 bits per heavy atom. The summed E-state index contributed by atoms with van der Waals surface area (Å²) < 4.78 is 39.7. The Kier molecular flexibility index (Phi) is 4.76. The maximum atomic E-state index is 11.8. The second-order valence-corrected chi connectivity index (χ2v) is 4.93. The first-order valence-electron chi connectivity index (χ1n) is 5.02. The molecule has 1 aliphatic rings. The topological polar surface area (TPSA) is 29.5 Å². The summed E-state index contributed by atoms with van der Waals surface area (Å²) in [5, 5.41) is 0.298. The van der Waals surface area contributed by atoms with E-state index in [-0.39, 0.29) is 0 Å². The highest BCUT2D eigenvalue weighted by atomic mass is 32.2. The maximum Gasteiger partial charge on any atom is 0.422 e. The van der Waals surface area contributed by atoms with Gasteiger partial charge in [-0.1, -0.05) is 6.92 Å². The molecular formula is C9H14F3NO2S. The molecule has 1 saturated heterocycles. The molecule has 1 fully saturated rings. The molecule has 0 aromatic carbocycles. The van der Waals surface area contributed by atoms with Crippen LogP contribution in [0.2, 0.25) is 0 Å². The highest BCUT2D eigenvalue weighted by molar-refractivity contribution is 8.00. The minimum atomic E-state index is -4.45. The minimum Gasteiger partial charge on any atom is -0.440 e. The normalized spacial score (nSPS) is 22.0. The number of hydrogen-bond acceptors (Lipinski definition) is 3. The predicted octanol–water partition coefficient (Wildman–Crippen LogP) is 2.51. The first kappa shape index (κ1) is 13.5. The summed E-state index contributed by atoms with van der Waals surface area (Å²) in [6.45, 7) is 1.41. The summed E-state index contributed by atoms with van der Waals surface area (Å²) >= 11 is 1.74. The third-order valence-corrected chi connectivity index (χ3v) is 3.58. The molecule has 94 valence electrons. The quantitative estimate of drug-likeness (QED) is 0.761. The smallest absolute Gasteiger partial charge is 0.422 e. The maximum absolute atomic E-state index is 11.8. The summed E-state index contributed by atoms with van der Waals surface area (Å²) in [7, 11) is 0. The lowest BCUT2D eigenvalue weighted by atomic mass is 10.3.